The molecule has 16 heavy (non-hydrogen) atoms. The predicted octanol–water partition coefficient (Wildman–Crippen LogP) is -1.04. The molecule has 0 amide bonds. The fourth-order valence-electron chi connectivity index (χ4n) is 1.74. The first-order chi connectivity index (χ1) is 7.46. The standard InChI is InChI=1S/C9H13N3O3S/c1-16(14,15)5-8-11-7-4-10-3-2-6(7)9(13)12-8/h10H,2-5H2,1H3,(H,11,12,13). The summed E-state index contributed by atoms with van der Waals surface area (Å²) in [7, 11) is -3.17. The quantitative estimate of drug-likeness (QED) is 0.692. The van der Waals surface area contributed by atoms with Gasteiger partial charge in [-0.1, -0.05) is 0 Å². The molecule has 0 saturated heterocycles. The van der Waals surface area contributed by atoms with Gasteiger partial charge in [-0.25, -0.2) is 13.4 Å². The van der Waals surface area contributed by atoms with Gasteiger partial charge in [-0.15, -0.1) is 0 Å². The monoisotopic (exact) mass is 243 g/mol. The van der Waals surface area contributed by atoms with Crippen LogP contribution in [-0.2, 0) is 28.6 Å². The van der Waals surface area contributed by atoms with Crippen LogP contribution in [0.3, 0.4) is 0 Å². The van der Waals surface area contributed by atoms with Gasteiger partial charge in [0.05, 0.1) is 5.69 Å². The predicted molar refractivity (Wildman–Crippen MR) is 58.8 cm³/mol. The summed E-state index contributed by atoms with van der Waals surface area (Å²) >= 11 is 0. The van der Waals surface area contributed by atoms with Gasteiger partial charge in [-0.3, -0.25) is 4.79 Å². The lowest BCUT2D eigenvalue weighted by molar-refractivity contribution is 0.595. The lowest BCUT2D eigenvalue weighted by atomic mass is 10.1. The zero-order chi connectivity index (χ0) is 11.8. The van der Waals surface area contributed by atoms with Crippen LogP contribution in [0.1, 0.15) is 17.1 Å². The third-order valence-corrected chi connectivity index (χ3v) is 3.19. The molecule has 1 aromatic heterocycles. The van der Waals surface area contributed by atoms with E-state index >= 15 is 0 Å². The third-order valence-electron chi connectivity index (χ3n) is 2.39. The summed E-state index contributed by atoms with van der Waals surface area (Å²) in [6.07, 6.45) is 1.75. The maximum atomic E-state index is 11.7. The molecule has 2 N–H and O–H groups in total. The Morgan fingerprint density at radius 1 is 1.44 bits per heavy atom. The first-order valence-electron chi connectivity index (χ1n) is 4.95. The first kappa shape index (κ1) is 11.3. The number of nitrogens with one attached hydrogen (secondary N) is 2. The second-order valence-electron chi connectivity index (χ2n) is 3.93. The smallest absolute Gasteiger partial charge is 0.254 e. The number of rotatable bonds is 2. The summed E-state index contributed by atoms with van der Waals surface area (Å²) in [6.45, 7) is 1.28. The second-order valence-corrected chi connectivity index (χ2v) is 6.07. The van der Waals surface area contributed by atoms with Crippen molar-refractivity contribution in [3.63, 3.8) is 0 Å². The molecule has 7 heteroatoms. The molecular weight excluding hydrogens is 230 g/mol. The minimum absolute atomic E-state index is 0.217. The zero-order valence-corrected chi connectivity index (χ0v) is 9.73. The molecule has 0 aromatic carbocycles. The number of aromatic amines is 1. The lowest BCUT2D eigenvalue weighted by Gasteiger charge is -2.15. The van der Waals surface area contributed by atoms with Crippen molar-refractivity contribution in [3.05, 3.63) is 27.4 Å². The molecule has 1 aliphatic rings. The summed E-state index contributed by atoms with van der Waals surface area (Å²) in [5, 5.41) is 3.09. The Morgan fingerprint density at radius 3 is 2.88 bits per heavy atom. The summed E-state index contributed by atoms with van der Waals surface area (Å²) < 4.78 is 22.2. The van der Waals surface area contributed by atoms with Crippen LogP contribution in [0.5, 0.6) is 0 Å². The van der Waals surface area contributed by atoms with E-state index in [-0.39, 0.29) is 17.1 Å². The Bertz CT molecular complexity index is 562. The van der Waals surface area contributed by atoms with Crippen molar-refractivity contribution in [1.29, 1.82) is 0 Å². The van der Waals surface area contributed by atoms with Gasteiger partial charge in [0, 0.05) is 18.4 Å². The number of sulfone groups is 1. The Kier molecular flexibility index (Phi) is 2.81. The number of hydrogen-bond donors (Lipinski definition) is 2. The molecule has 88 valence electrons. The Labute approximate surface area is 93.0 Å². The molecule has 1 aromatic rings. The van der Waals surface area contributed by atoms with E-state index in [9.17, 15) is 13.2 Å². The van der Waals surface area contributed by atoms with Gasteiger partial charge in [0.2, 0.25) is 0 Å². The molecule has 2 rings (SSSR count). The van der Waals surface area contributed by atoms with Crippen LogP contribution < -0.4 is 10.9 Å². The van der Waals surface area contributed by atoms with Crippen LogP contribution in [0.15, 0.2) is 4.79 Å². The Balaban J connectivity index is 2.43. The first-order valence-corrected chi connectivity index (χ1v) is 7.01. The van der Waals surface area contributed by atoms with Crippen LogP contribution in [0.2, 0.25) is 0 Å². The number of fused-ring (bicyclic) bond motifs is 1. The average molecular weight is 243 g/mol. The fraction of sp³-hybridized carbons (Fsp3) is 0.556. The van der Waals surface area contributed by atoms with Crippen LogP contribution >= 0.6 is 0 Å². The van der Waals surface area contributed by atoms with Gasteiger partial charge in [0.25, 0.3) is 5.56 Å². The molecular formula is C9H13N3O3S. The fourth-order valence-corrected chi connectivity index (χ4v) is 2.37. The van der Waals surface area contributed by atoms with Gasteiger partial charge in [-0.2, -0.15) is 0 Å². The zero-order valence-electron chi connectivity index (χ0n) is 8.91. The van der Waals surface area contributed by atoms with Crippen molar-refractivity contribution in [2.24, 2.45) is 0 Å². The van der Waals surface area contributed by atoms with Crippen LogP contribution in [0.4, 0.5) is 0 Å². The van der Waals surface area contributed by atoms with Crippen molar-refractivity contribution >= 4 is 9.84 Å². The maximum absolute atomic E-state index is 11.7. The SMILES string of the molecule is CS(=O)(=O)Cc1nc2c(c(=O)[nH]1)CCNC2. The minimum Gasteiger partial charge on any atom is -0.311 e. The molecule has 0 fully saturated rings. The van der Waals surface area contributed by atoms with E-state index in [0.717, 1.165) is 12.8 Å². The highest BCUT2D eigenvalue weighted by Crippen LogP contribution is 2.07. The number of aromatic nitrogens is 2. The normalized spacial score (nSPS) is 15.8. The van der Waals surface area contributed by atoms with E-state index in [4.69, 9.17) is 0 Å². The topological polar surface area (TPSA) is 91.9 Å². The van der Waals surface area contributed by atoms with Gasteiger partial charge >= 0.3 is 0 Å². The van der Waals surface area contributed by atoms with E-state index in [1.807, 2.05) is 0 Å². The lowest BCUT2D eigenvalue weighted by Crippen LogP contribution is -2.32. The number of hydrogen-bond acceptors (Lipinski definition) is 5. The minimum atomic E-state index is -3.17. The van der Waals surface area contributed by atoms with E-state index < -0.39 is 9.84 Å². The van der Waals surface area contributed by atoms with E-state index in [1.54, 1.807) is 0 Å². The molecule has 0 bridgehead atoms. The van der Waals surface area contributed by atoms with E-state index in [0.29, 0.717) is 24.2 Å². The highest BCUT2D eigenvalue weighted by atomic mass is 32.2. The number of H-pyrrole nitrogens is 1. The van der Waals surface area contributed by atoms with Crippen molar-refractivity contribution in [2.75, 3.05) is 12.8 Å². The largest absolute Gasteiger partial charge is 0.311 e. The van der Waals surface area contributed by atoms with Gasteiger partial charge in [-0.05, 0) is 13.0 Å². The highest BCUT2D eigenvalue weighted by molar-refractivity contribution is 7.89. The van der Waals surface area contributed by atoms with Gasteiger partial charge in [0.1, 0.15) is 11.6 Å². The molecule has 0 radical (unpaired) electrons. The summed E-state index contributed by atoms with van der Waals surface area (Å²) in [5.74, 6) is -0.00912. The van der Waals surface area contributed by atoms with Gasteiger partial charge in [0.15, 0.2) is 9.84 Å². The van der Waals surface area contributed by atoms with Crippen molar-refractivity contribution in [2.45, 2.75) is 18.7 Å². The second kappa shape index (κ2) is 3.99. The molecule has 0 spiro atoms. The van der Waals surface area contributed by atoms with E-state index in [2.05, 4.69) is 15.3 Å². The maximum Gasteiger partial charge on any atom is 0.254 e. The van der Waals surface area contributed by atoms with Gasteiger partial charge < -0.3 is 10.3 Å². The average Bonchev–Trinajstić information content (AvgIpc) is 2.15. The Morgan fingerprint density at radius 2 is 2.19 bits per heavy atom. The summed E-state index contributed by atoms with van der Waals surface area (Å²) in [5.41, 5.74) is 1.11. The van der Waals surface area contributed by atoms with Crippen LogP contribution in [0, 0.1) is 0 Å². The molecule has 6 nitrogen and oxygen atoms in total. The highest BCUT2D eigenvalue weighted by Gasteiger charge is 2.16. The molecule has 0 aliphatic carbocycles. The van der Waals surface area contributed by atoms with Crippen LogP contribution in [-0.4, -0.2) is 31.2 Å². The van der Waals surface area contributed by atoms with Crippen molar-refractivity contribution < 1.29 is 8.42 Å². The molecule has 1 aliphatic heterocycles. The number of nitrogens with zero attached hydrogens (tertiary/aromatic N) is 1. The van der Waals surface area contributed by atoms with Crippen LogP contribution in [0.25, 0.3) is 0 Å². The third kappa shape index (κ3) is 2.48. The van der Waals surface area contributed by atoms with Crippen molar-refractivity contribution in [1.82, 2.24) is 15.3 Å². The molecule has 0 unspecified atom stereocenters. The summed E-state index contributed by atoms with van der Waals surface area (Å²) in [6, 6.07) is 0. The van der Waals surface area contributed by atoms with E-state index in [1.165, 1.54) is 0 Å². The molecule has 0 atom stereocenters. The summed E-state index contributed by atoms with van der Waals surface area (Å²) in [4.78, 5) is 18.3. The molecule has 0 saturated carbocycles. The van der Waals surface area contributed by atoms with Crippen molar-refractivity contribution in [3.8, 4) is 0 Å². The molecule has 2 heterocycles. The Hall–Kier alpha value is -1.21.